The van der Waals surface area contributed by atoms with E-state index in [9.17, 15) is 13.2 Å². The molecule has 5 nitrogen and oxygen atoms in total. The standard InChI is InChI=1S/C16H24N2O3S.ClH/c1-13-5-7-15(8-6-13)22(20,21)11-9-16(19)18-10-3-4-14(12-18)17-2;/h5-8,14,17H,3-4,9-12H2,1-2H3;1H. The van der Waals surface area contributed by atoms with Crippen LogP contribution in [0.2, 0.25) is 0 Å². The number of amides is 1. The van der Waals surface area contributed by atoms with Gasteiger partial charge in [0.1, 0.15) is 0 Å². The molecule has 1 atom stereocenters. The highest BCUT2D eigenvalue weighted by Crippen LogP contribution is 2.15. The summed E-state index contributed by atoms with van der Waals surface area (Å²) in [6, 6.07) is 7.07. The van der Waals surface area contributed by atoms with Gasteiger partial charge in [-0.25, -0.2) is 8.42 Å². The summed E-state index contributed by atoms with van der Waals surface area (Å²) in [4.78, 5) is 14.3. The minimum atomic E-state index is -3.39. The lowest BCUT2D eigenvalue weighted by Crippen LogP contribution is -2.47. The molecule has 0 bridgehead atoms. The first kappa shape index (κ1) is 19.9. The van der Waals surface area contributed by atoms with Crippen LogP contribution in [0, 0.1) is 6.92 Å². The molecule has 130 valence electrons. The number of nitrogens with one attached hydrogen (secondary N) is 1. The van der Waals surface area contributed by atoms with E-state index in [0.29, 0.717) is 12.6 Å². The fraction of sp³-hybridized carbons (Fsp3) is 0.562. The van der Waals surface area contributed by atoms with E-state index in [0.717, 1.165) is 24.9 Å². The van der Waals surface area contributed by atoms with Gasteiger partial charge in [-0.15, -0.1) is 12.4 Å². The Morgan fingerprint density at radius 1 is 1.30 bits per heavy atom. The highest BCUT2D eigenvalue weighted by molar-refractivity contribution is 7.91. The maximum absolute atomic E-state index is 12.3. The lowest BCUT2D eigenvalue weighted by molar-refractivity contribution is -0.132. The quantitative estimate of drug-likeness (QED) is 0.869. The number of benzene rings is 1. The first-order chi connectivity index (χ1) is 10.4. The number of rotatable bonds is 5. The predicted molar refractivity (Wildman–Crippen MR) is 93.8 cm³/mol. The van der Waals surface area contributed by atoms with Gasteiger partial charge in [0, 0.05) is 25.6 Å². The molecule has 1 heterocycles. The van der Waals surface area contributed by atoms with Gasteiger partial charge >= 0.3 is 0 Å². The lowest BCUT2D eigenvalue weighted by Gasteiger charge is -2.32. The van der Waals surface area contributed by atoms with Crippen molar-refractivity contribution >= 4 is 28.2 Å². The number of halogens is 1. The van der Waals surface area contributed by atoms with E-state index in [1.165, 1.54) is 0 Å². The Hall–Kier alpha value is -1.11. The molecule has 0 spiro atoms. The molecule has 0 aliphatic carbocycles. The topological polar surface area (TPSA) is 66.5 Å². The first-order valence-corrected chi connectivity index (χ1v) is 9.32. The smallest absolute Gasteiger partial charge is 0.223 e. The Kier molecular flexibility index (Phi) is 7.51. The molecule has 1 aliphatic rings. The van der Waals surface area contributed by atoms with Gasteiger partial charge in [-0.05, 0) is 38.9 Å². The molecule has 1 aromatic rings. The summed E-state index contributed by atoms with van der Waals surface area (Å²) in [5.74, 6) is -0.203. The van der Waals surface area contributed by atoms with Gasteiger partial charge in [-0.3, -0.25) is 4.79 Å². The number of aryl methyl sites for hydroxylation is 1. The van der Waals surface area contributed by atoms with Crippen molar-refractivity contribution in [3.05, 3.63) is 29.8 Å². The molecule has 1 unspecified atom stereocenters. The fourth-order valence-corrected chi connectivity index (χ4v) is 3.91. The Morgan fingerprint density at radius 3 is 2.57 bits per heavy atom. The van der Waals surface area contributed by atoms with Gasteiger partial charge in [0.2, 0.25) is 5.91 Å². The number of likely N-dealkylation sites (tertiary alicyclic amines) is 1. The summed E-state index contributed by atoms with van der Waals surface area (Å²) in [6.07, 6.45) is 2.07. The van der Waals surface area contributed by atoms with Crippen LogP contribution in [0.5, 0.6) is 0 Å². The highest BCUT2D eigenvalue weighted by atomic mass is 35.5. The fourth-order valence-electron chi connectivity index (χ4n) is 2.68. The monoisotopic (exact) mass is 360 g/mol. The zero-order valence-corrected chi connectivity index (χ0v) is 15.3. The second kappa shape index (κ2) is 8.66. The molecule has 1 saturated heterocycles. The van der Waals surface area contributed by atoms with E-state index in [1.54, 1.807) is 29.2 Å². The van der Waals surface area contributed by atoms with E-state index in [-0.39, 0.29) is 35.4 Å². The van der Waals surface area contributed by atoms with Gasteiger partial charge in [-0.2, -0.15) is 0 Å². The van der Waals surface area contributed by atoms with E-state index < -0.39 is 9.84 Å². The maximum atomic E-state index is 12.3. The molecule has 2 rings (SSSR count). The third-order valence-corrected chi connectivity index (χ3v) is 5.88. The summed E-state index contributed by atoms with van der Waals surface area (Å²) >= 11 is 0. The third kappa shape index (κ3) is 5.48. The molecule has 23 heavy (non-hydrogen) atoms. The van der Waals surface area contributed by atoms with Crippen LogP contribution in [-0.4, -0.2) is 51.2 Å². The summed E-state index contributed by atoms with van der Waals surface area (Å²) in [5.41, 5.74) is 1.02. The molecule has 1 amide bonds. The Bertz CT molecular complexity index is 617. The second-order valence-corrected chi connectivity index (χ2v) is 7.96. The van der Waals surface area contributed by atoms with Crippen LogP contribution in [0.3, 0.4) is 0 Å². The number of hydrogen-bond acceptors (Lipinski definition) is 4. The summed E-state index contributed by atoms with van der Waals surface area (Å²) in [6.45, 7) is 3.30. The number of carbonyl (C=O) groups is 1. The molecule has 7 heteroatoms. The Morgan fingerprint density at radius 2 is 1.96 bits per heavy atom. The van der Waals surface area contributed by atoms with Gasteiger partial charge < -0.3 is 10.2 Å². The van der Waals surface area contributed by atoms with Crippen LogP contribution < -0.4 is 5.32 Å². The van der Waals surface area contributed by atoms with Crippen LogP contribution in [0.4, 0.5) is 0 Å². The number of likely N-dealkylation sites (N-methyl/N-ethyl adjacent to an activating group) is 1. The van der Waals surface area contributed by atoms with Crippen molar-refractivity contribution in [2.24, 2.45) is 0 Å². The molecular formula is C16H25ClN2O3S. The zero-order chi connectivity index (χ0) is 16.2. The summed E-state index contributed by atoms with van der Waals surface area (Å²) < 4.78 is 24.5. The second-order valence-electron chi connectivity index (χ2n) is 5.85. The van der Waals surface area contributed by atoms with Crippen molar-refractivity contribution in [1.82, 2.24) is 10.2 Å². The molecule has 1 aliphatic heterocycles. The van der Waals surface area contributed by atoms with Crippen molar-refractivity contribution in [1.29, 1.82) is 0 Å². The molecule has 1 fully saturated rings. The average molecular weight is 361 g/mol. The maximum Gasteiger partial charge on any atom is 0.223 e. The van der Waals surface area contributed by atoms with Gasteiger partial charge in [0.05, 0.1) is 10.6 Å². The van der Waals surface area contributed by atoms with E-state index in [4.69, 9.17) is 0 Å². The molecule has 1 N–H and O–H groups in total. The minimum Gasteiger partial charge on any atom is -0.341 e. The summed E-state index contributed by atoms with van der Waals surface area (Å²) in [5, 5.41) is 3.18. The van der Waals surface area contributed by atoms with E-state index in [1.807, 2.05) is 14.0 Å². The molecular weight excluding hydrogens is 336 g/mol. The van der Waals surface area contributed by atoms with Crippen molar-refractivity contribution in [2.45, 2.75) is 37.1 Å². The molecule has 0 radical (unpaired) electrons. The van der Waals surface area contributed by atoms with Gasteiger partial charge in [0.15, 0.2) is 9.84 Å². The van der Waals surface area contributed by atoms with Crippen LogP contribution in [-0.2, 0) is 14.6 Å². The van der Waals surface area contributed by atoms with Crippen LogP contribution in [0.25, 0.3) is 0 Å². The van der Waals surface area contributed by atoms with E-state index in [2.05, 4.69) is 5.32 Å². The Balaban J connectivity index is 0.00000264. The SMILES string of the molecule is CNC1CCCN(C(=O)CCS(=O)(=O)c2ccc(C)cc2)C1.Cl. The average Bonchev–Trinajstić information content (AvgIpc) is 2.53. The van der Waals surface area contributed by atoms with Crippen LogP contribution in [0.15, 0.2) is 29.2 Å². The van der Waals surface area contributed by atoms with Crippen LogP contribution in [0.1, 0.15) is 24.8 Å². The number of carbonyl (C=O) groups excluding carboxylic acids is 1. The highest BCUT2D eigenvalue weighted by Gasteiger charge is 2.24. The normalized spacial score (nSPS) is 18.3. The first-order valence-electron chi connectivity index (χ1n) is 7.67. The van der Waals surface area contributed by atoms with Crippen molar-refractivity contribution in [3.63, 3.8) is 0 Å². The lowest BCUT2D eigenvalue weighted by atomic mass is 10.1. The van der Waals surface area contributed by atoms with Crippen molar-refractivity contribution in [2.75, 3.05) is 25.9 Å². The third-order valence-electron chi connectivity index (χ3n) is 4.15. The van der Waals surface area contributed by atoms with Gasteiger partial charge in [0.25, 0.3) is 0 Å². The Labute approximate surface area is 144 Å². The predicted octanol–water partition coefficient (Wildman–Crippen LogP) is 1.79. The van der Waals surface area contributed by atoms with Crippen LogP contribution >= 0.6 is 12.4 Å². The number of hydrogen-bond donors (Lipinski definition) is 1. The van der Waals surface area contributed by atoms with E-state index >= 15 is 0 Å². The minimum absolute atomic E-state index is 0. The van der Waals surface area contributed by atoms with Gasteiger partial charge in [-0.1, -0.05) is 17.7 Å². The summed E-state index contributed by atoms with van der Waals surface area (Å²) in [7, 11) is -1.50. The molecule has 0 aromatic heterocycles. The zero-order valence-electron chi connectivity index (χ0n) is 13.6. The number of nitrogens with zero attached hydrogens (tertiary/aromatic N) is 1. The number of sulfone groups is 1. The van der Waals surface area contributed by atoms with Crippen molar-refractivity contribution in [3.8, 4) is 0 Å². The van der Waals surface area contributed by atoms with Crippen molar-refractivity contribution < 1.29 is 13.2 Å². The largest absolute Gasteiger partial charge is 0.341 e. The molecule has 1 aromatic carbocycles. The molecule has 0 saturated carbocycles. The number of piperidine rings is 1.